The van der Waals surface area contributed by atoms with Crippen LogP contribution in [0.3, 0.4) is 0 Å². The number of aromatic hydroxyl groups is 1. The molecule has 1 N–H and O–H groups in total. The lowest BCUT2D eigenvalue weighted by Gasteiger charge is -2.13. The molecule has 0 spiro atoms. The topological polar surface area (TPSA) is 92.1 Å². The van der Waals surface area contributed by atoms with Crippen molar-refractivity contribution >= 4 is 39.4 Å². The zero-order valence-corrected chi connectivity index (χ0v) is 13.7. The maximum absolute atomic E-state index is 10.8. The van der Waals surface area contributed by atoms with Gasteiger partial charge in [-0.1, -0.05) is 0 Å². The van der Waals surface area contributed by atoms with Crippen LogP contribution in [0.2, 0.25) is 0 Å². The van der Waals surface area contributed by atoms with E-state index in [9.17, 15) is 15.2 Å². The molecule has 1 aromatic heterocycles. The summed E-state index contributed by atoms with van der Waals surface area (Å²) in [4.78, 5) is 16.5. The van der Waals surface area contributed by atoms with Crippen LogP contribution >= 0.6 is 15.9 Å². The fourth-order valence-corrected chi connectivity index (χ4v) is 3.00. The molecule has 0 saturated carbocycles. The van der Waals surface area contributed by atoms with E-state index in [0.29, 0.717) is 5.76 Å². The van der Waals surface area contributed by atoms with E-state index in [1.165, 1.54) is 24.4 Å². The number of furan rings is 1. The van der Waals surface area contributed by atoms with Crippen LogP contribution in [-0.2, 0) is 0 Å². The van der Waals surface area contributed by atoms with Gasteiger partial charge in [-0.3, -0.25) is 10.1 Å². The Labute approximate surface area is 140 Å². The number of nitro benzene ring substituents is 1. The smallest absolute Gasteiger partial charge is 0.271 e. The van der Waals surface area contributed by atoms with Crippen LogP contribution in [0.5, 0.6) is 5.75 Å². The second-order valence-corrected chi connectivity index (χ2v) is 6.04. The van der Waals surface area contributed by atoms with Gasteiger partial charge in [0.25, 0.3) is 5.69 Å². The minimum absolute atomic E-state index is 0.120. The lowest BCUT2D eigenvalue weighted by atomic mass is 10.2. The second kappa shape index (κ2) is 6.41. The molecule has 1 aromatic carbocycles. The summed E-state index contributed by atoms with van der Waals surface area (Å²) in [6.45, 7) is 1.91. The number of hydrogen-bond acceptors (Lipinski definition) is 6. The van der Waals surface area contributed by atoms with Gasteiger partial charge in [-0.15, -0.1) is 0 Å². The first kappa shape index (κ1) is 15.5. The third kappa shape index (κ3) is 3.37. The molecule has 0 aliphatic carbocycles. The summed E-state index contributed by atoms with van der Waals surface area (Å²) < 4.78 is 6.59. The lowest BCUT2D eigenvalue weighted by molar-refractivity contribution is -0.384. The molecule has 1 fully saturated rings. The molecule has 0 atom stereocenters. The quantitative estimate of drug-likeness (QED) is 0.492. The van der Waals surface area contributed by atoms with E-state index < -0.39 is 4.92 Å². The minimum Gasteiger partial charge on any atom is -0.506 e. The van der Waals surface area contributed by atoms with Crippen LogP contribution in [0.15, 0.2) is 38.1 Å². The van der Waals surface area contributed by atoms with Crippen molar-refractivity contribution in [1.29, 1.82) is 0 Å². The van der Waals surface area contributed by atoms with Crippen LogP contribution in [0, 0.1) is 10.1 Å². The average molecular weight is 380 g/mol. The molecule has 2 heterocycles. The van der Waals surface area contributed by atoms with Crippen molar-refractivity contribution in [3.8, 4) is 5.75 Å². The van der Waals surface area contributed by atoms with Crippen LogP contribution in [0.25, 0.3) is 0 Å². The van der Waals surface area contributed by atoms with Crippen molar-refractivity contribution in [2.24, 2.45) is 4.99 Å². The Kier molecular flexibility index (Phi) is 4.33. The Hall–Kier alpha value is -2.35. The number of phenolic OH excluding ortho intramolecular Hbond substituents is 1. The second-order valence-electron chi connectivity index (χ2n) is 5.18. The first-order chi connectivity index (χ1) is 11.0. The highest BCUT2D eigenvalue weighted by atomic mass is 79.9. The van der Waals surface area contributed by atoms with Crippen LogP contribution < -0.4 is 4.90 Å². The molecule has 23 heavy (non-hydrogen) atoms. The largest absolute Gasteiger partial charge is 0.506 e. The monoisotopic (exact) mass is 379 g/mol. The van der Waals surface area contributed by atoms with Crippen molar-refractivity contribution in [3.05, 3.63) is 44.6 Å². The van der Waals surface area contributed by atoms with E-state index in [4.69, 9.17) is 4.42 Å². The molecule has 120 valence electrons. The van der Waals surface area contributed by atoms with E-state index in [1.807, 2.05) is 0 Å². The van der Waals surface area contributed by atoms with Crippen molar-refractivity contribution in [1.82, 2.24) is 0 Å². The first-order valence-corrected chi connectivity index (χ1v) is 7.89. The number of benzene rings is 1. The Morgan fingerprint density at radius 3 is 2.78 bits per heavy atom. The number of nitro groups is 1. The molecule has 0 amide bonds. The Morgan fingerprint density at radius 1 is 1.35 bits per heavy atom. The number of aliphatic imine (C=N–C) groups is 1. The molecule has 0 unspecified atom stereocenters. The molecule has 1 saturated heterocycles. The van der Waals surface area contributed by atoms with Gasteiger partial charge in [-0.05, 0) is 34.8 Å². The van der Waals surface area contributed by atoms with Crippen LogP contribution in [0.1, 0.15) is 18.6 Å². The van der Waals surface area contributed by atoms with E-state index >= 15 is 0 Å². The molecule has 7 nitrogen and oxygen atoms in total. The summed E-state index contributed by atoms with van der Waals surface area (Å²) in [5.74, 6) is 1.13. The van der Waals surface area contributed by atoms with Gasteiger partial charge in [0.15, 0.2) is 0 Å². The van der Waals surface area contributed by atoms with Gasteiger partial charge in [0.1, 0.15) is 17.2 Å². The van der Waals surface area contributed by atoms with Crippen LogP contribution in [-0.4, -0.2) is 29.3 Å². The van der Waals surface area contributed by atoms with Gasteiger partial charge in [0.05, 0.1) is 15.6 Å². The van der Waals surface area contributed by atoms with Crippen molar-refractivity contribution in [2.75, 3.05) is 18.0 Å². The van der Waals surface area contributed by atoms with Gasteiger partial charge in [-0.2, -0.15) is 0 Å². The van der Waals surface area contributed by atoms with Crippen LogP contribution in [0.4, 0.5) is 17.3 Å². The van der Waals surface area contributed by atoms with E-state index in [2.05, 4.69) is 25.8 Å². The Morgan fingerprint density at radius 2 is 2.09 bits per heavy atom. The molecule has 0 bridgehead atoms. The van der Waals surface area contributed by atoms with Gasteiger partial charge in [0, 0.05) is 31.3 Å². The summed E-state index contributed by atoms with van der Waals surface area (Å²) in [6.07, 6.45) is 3.71. The van der Waals surface area contributed by atoms with Gasteiger partial charge in [-0.25, -0.2) is 4.99 Å². The zero-order chi connectivity index (χ0) is 16.4. The third-order valence-electron chi connectivity index (χ3n) is 3.58. The zero-order valence-electron chi connectivity index (χ0n) is 12.1. The number of hydrogen-bond donors (Lipinski definition) is 1. The normalized spacial score (nSPS) is 14.7. The summed E-state index contributed by atoms with van der Waals surface area (Å²) in [6, 6.07) is 5.47. The van der Waals surface area contributed by atoms with E-state index in [0.717, 1.165) is 36.3 Å². The highest BCUT2D eigenvalue weighted by Crippen LogP contribution is 2.33. The van der Waals surface area contributed by atoms with Crippen molar-refractivity contribution < 1.29 is 14.4 Å². The van der Waals surface area contributed by atoms with E-state index in [-0.39, 0.29) is 17.1 Å². The molecular formula is C15H14BrN3O4. The molecule has 8 heteroatoms. The molecule has 2 aromatic rings. The highest BCUT2D eigenvalue weighted by molar-refractivity contribution is 9.10. The highest BCUT2D eigenvalue weighted by Gasteiger charge is 2.19. The molecule has 3 rings (SSSR count). The first-order valence-electron chi connectivity index (χ1n) is 7.10. The summed E-state index contributed by atoms with van der Waals surface area (Å²) in [5.41, 5.74) is -0.0113. The number of rotatable bonds is 4. The number of halogens is 1. The number of non-ortho nitro benzene ring substituents is 1. The minimum atomic E-state index is -0.534. The summed E-state index contributed by atoms with van der Waals surface area (Å²) in [5, 5.41) is 20.5. The van der Waals surface area contributed by atoms with Crippen molar-refractivity contribution in [2.45, 2.75) is 12.8 Å². The lowest BCUT2D eigenvalue weighted by Crippen LogP contribution is -2.17. The molecular weight excluding hydrogens is 366 g/mol. The fourth-order valence-electron chi connectivity index (χ4n) is 2.44. The number of anilines is 1. The predicted molar refractivity (Wildman–Crippen MR) is 89.9 cm³/mol. The Bertz CT molecular complexity index is 766. The third-order valence-corrected chi connectivity index (χ3v) is 4.15. The standard InChI is InChI=1S/C15H14BrN3O4/c16-12-8-11(23-15(12)18-5-1-2-6-18)9-17-13-7-10(19(21)22)3-4-14(13)20/h3-4,7-9,20H,1-2,5-6H2. The summed E-state index contributed by atoms with van der Waals surface area (Å²) >= 11 is 3.46. The van der Waals surface area contributed by atoms with Gasteiger partial charge < -0.3 is 14.4 Å². The number of nitrogens with zero attached hydrogens (tertiary/aromatic N) is 3. The summed E-state index contributed by atoms with van der Waals surface area (Å²) in [7, 11) is 0. The SMILES string of the molecule is O=[N+]([O-])c1ccc(O)c(N=Cc2cc(Br)c(N3CCCC3)o2)c1. The molecule has 1 aliphatic heterocycles. The van der Waals surface area contributed by atoms with Gasteiger partial charge in [0.2, 0.25) is 5.88 Å². The molecule has 0 radical (unpaired) electrons. The average Bonchev–Trinajstić information content (AvgIpc) is 3.15. The predicted octanol–water partition coefficient (Wildman–Crippen LogP) is 4.01. The maximum Gasteiger partial charge on any atom is 0.271 e. The van der Waals surface area contributed by atoms with Gasteiger partial charge >= 0.3 is 0 Å². The van der Waals surface area contributed by atoms with Crippen molar-refractivity contribution in [3.63, 3.8) is 0 Å². The fraction of sp³-hybridized carbons (Fsp3) is 0.267. The number of phenols is 1. The molecule has 1 aliphatic rings. The Balaban J connectivity index is 1.84. The maximum atomic E-state index is 10.8. The van der Waals surface area contributed by atoms with E-state index in [1.54, 1.807) is 6.07 Å².